The van der Waals surface area contributed by atoms with Crippen molar-refractivity contribution in [3.63, 3.8) is 0 Å². The summed E-state index contributed by atoms with van der Waals surface area (Å²) in [6.07, 6.45) is 1.88. The number of hydrogen-bond acceptors (Lipinski definition) is 3. The van der Waals surface area contributed by atoms with Crippen LogP contribution in [0.15, 0.2) is 53.5 Å². The average molecular weight is 290 g/mol. The highest BCUT2D eigenvalue weighted by Crippen LogP contribution is 2.26. The Morgan fingerprint density at radius 3 is 2.55 bits per heavy atom. The van der Waals surface area contributed by atoms with E-state index in [-0.39, 0.29) is 5.56 Å². The molecule has 0 atom stereocenters. The topological polar surface area (TPSA) is 87.6 Å². The van der Waals surface area contributed by atoms with Crippen LogP contribution in [0.4, 0.5) is 5.69 Å². The second-order valence-corrected chi connectivity index (χ2v) is 5.04. The van der Waals surface area contributed by atoms with E-state index in [1.807, 2.05) is 54.2 Å². The fourth-order valence-electron chi connectivity index (χ4n) is 2.43. The van der Waals surface area contributed by atoms with Gasteiger partial charge in [0.2, 0.25) is 0 Å². The van der Waals surface area contributed by atoms with Gasteiger partial charge in [0.25, 0.3) is 5.56 Å². The molecular formula is C17H14N4O. The van der Waals surface area contributed by atoms with Crippen LogP contribution in [0.2, 0.25) is 0 Å². The Balaban J connectivity index is 2.26. The number of aromatic nitrogens is 2. The highest BCUT2D eigenvalue weighted by Gasteiger charge is 2.14. The summed E-state index contributed by atoms with van der Waals surface area (Å²) in [5.74, 6) is 0. The Hall–Kier alpha value is -3.26. The summed E-state index contributed by atoms with van der Waals surface area (Å²) < 4.78 is 1.88. The number of H-pyrrole nitrogens is 1. The third kappa shape index (κ3) is 2.27. The maximum absolute atomic E-state index is 12.2. The third-order valence-corrected chi connectivity index (χ3v) is 3.59. The molecule has 1 aromatic carbocycles. The van der Waals surface area contributed by atoms with Crippen molar-refractivity contribution in [1.82, 2.24) is 9.55 Å². The van der Waals surface area contributed by atoms with Gasteiger partial charge in [-0.05, 0) is 35.9 Å². The molecule has 0 amide bonds. The molecule has 2 aromatic heterocycles. The molecule has 0 bridgehead atoms. The Kier molecular flexibility index (Phi) is 3.28. The van der Waals surface area contributed by atoms with Crippen LogP contribution in [0.25, 0.3) is 22.5 Å². The molecule has 0 aliphatic carbocycles. The van der Waals surface area contributed by atoms with E-state index >= 15 is 0 Å². The first-order valence-corrected chi connectivity index (χ1v) is 6.75. The fraction of sp³-hybridized carbons (Fsp3) is 0.0588. The number of nitriles is 1. The summed E-state index contributed by atoms with van der Waals surface area (Å²) in [6, 6.07) is 14.8. The number of nitrogens with zero attached hydrogens (tertiary/aromatic N) is 2. The second-order valence-electron chi connectivity index (χ2n) is 5.04. The van der Waals surface area contributed by atoms with Crippen molar-refractivity contribution in [2.45, 2.75) is 0 Å². The normalized spacial score (nSPS) is 10.4. The number of aromatic amines is 1. The summed E-state index contributed by atoms with van der Waals surface area (Å²) in [6.45, 7) is 0. The third-order valence-electron chi connectivity index (χ3n) is 3.59. The molecule has 0 aliphatic heterocycles. The van der Waals surface area contributed by atoms with Gasteiger partial charge in [0, 0.05) is 35.9 Å². The van der Waals surface area contributed by atoms with Crippen LogP contribution in [0.5, 0.6) is 0 Å². The number of anilines is 1. The van der Waals surface area contributed by atoms with Gasteiger partial charge in [-0.25, -0.2) is 0 Å². The molecule has 22 heavy (non-hydrogen) atoms. The monoisotopic (exact) mass is 290 g/mol. The summed E-state index contributed by atoms with van der Waals surface area (Å²) in [5, 5.41) is 9.29. The lowest BCUT2D eigenvalue weighted by Crippen LogP contribution is -2.13. The minimum atomic E-state index is -0.395. The number of benzene rings is 1. The zero-order chi connectivity index (χ0) is 15.7. The lowest BCUT2D eigenvalue weighted by atomic mass is 10.0. The smallest absolute Gasteiger partial charge is 0.267 e. The lowest BCUT2D eigenvalue weighted by Gasteiger charge is -2.09. The molecule has 3 aromatic rings. The molecule has 5 heteroatoms. The second kappa shape index (κ2) is 5.26. The van der Waals surface area contributed by atoms with Gasteiger partial charge in [0.1, 0.15) is 11.6 Å². The first-order valence-electron chi connectivity index (χ1n) is 6.75. The molecule has 0 saturated heterocycles. The van der Waals surface area contributed by atoms with Crippen LogP contribution < -0.4 is 11.3 Å². The highest BCUT2D eigenvalue weighted by atomic mass is 16.1. The Morgan fingerprint density at radius 2 is 1.95 bits per heavy atom. The van der Waals surface area contributed by atoms with Gasteiger partial charge in [-0.3, -0.25) is 4.79 Å². The molecule has 3 N–H and O–H groups in total. The SMILES string of the molecule is Cn1cccc1-c1cc(-c2ccc(N)cc2)[nH]c(=O)c1C#N. The maximum Gasteiger partial charge on any atom is 0.267 e. The summed E-state index contributed by atoms with van der Waals surface area (Å²) in [4.78, 5) is 15.0. The van der Waals surface area contributed by atoms with Crippen molar-refractivity contribution >= 4 is 5.69 Å². The minimum Gasteiger partial charge on any atom is -0.399 e. The largest absolute Gasteiger partial charge is 0.399 e. The van der Waals surface area contributed by atoms with E-state index in [2.05, 4.69) is 4.98 Å². The molecule has 0 spiro atoms. The molecule has 3 rings (SSSR count). The van der Waals surface area contributed by atoms with Gasteiger partial charge in [-0.2, -0.15) is 5.26 Å². The zero-order valence-electron chi connectivity index (χ0n) is 12.0. The molecular weight excluding hydrogens is 276 g/mol. The highest BCUT2D eigenvalue weighted by molar-refractivity contribution is 5.74. The standard InChI is InChI=1S/C17H14N4O/c1-21-8-2-3-16(21)13-9-15(20-17(22)14(13)10-18)11-4-6-12(19)7-5-11/h2-9H,19H2,1H3,(H,20,22). The number of nitrogens with one attached hydrogen (secondary N) is 1. The van der Waals surface area contributed by atoms with Crippen LogP contribution in [-0.2, 0) is 7.05 Å². The van der Waals surface area contributed by atoms with E-state index in [0.29, 0.717) is 16.9 Å². The van der Waals surface area contributed by atoms with Crippen LogP contribution in [0.3, 0.4) is 0 Å². The van der Waals surface area contributed by atoms with Crippen molar-refractivity contribution in [3.8, 4) is 28.6 Å². The summed E-state index contributed by atoms with van der Waals surface area (Å²) >= 11 is 0. The van der Waals surface area contributed by atoms with Crippen molar-refractivity contribution in [2.24, 2.45) is 7.05 Å². The van der Waals surface area contributed by atoms with E-state index < -0.39 is 5.56 Å². The molecule has 5 nitrogen and oxygen atoms in total. The van der Waals surface area contributed by atoms with Gasteiger partial charge in [-0.15, -0.1) is 0 Å². The van der Waals surface area contributed by atoms with Crippen molar-refractivity contribution < 1.29 is 0 Å². The predicted octanol–water partition coefficient (Wildman–Crippen LogP) is 2.50. The first-order chi connectivity index (χ1) is 10.6. The number of pyridine rings is 1. The number of rotatable bonds is 2. The van der Waals surface area contributed by atoms with Crippen molar-refractivity contribution in [2.75, 3.05) is 5.73 Å². The summed E-state index contributed by atoms with van der Waals surface area (Å²) in [5.41, 5.74) is 8.99. The lowest BCUT2D eigenvalue weighted by molar-refractivity contribution is 0.935. The number of aryl methyl sites for hydroxylation is 1. The van der Waals surface area contributed by atoms with Gasteiger partial charge in [0.15, 0.2) is 0 Å². The quantitative estimate of drug-likeness (QED) is 0.711. The van der Waals surface area contributed by atoms with Gasteiger partial charge in [0.05, 0.1) is 0 Å². The molecule has 0 fully saturated rings. The van der Waals surface area contributed by atoms with Crippen LogP contribution in [-0.4, -0.2) is 9.55 Å². The van der Waals surface area contributed by atoms with E-state index in [9.17, 15) is 10.1 Å². The first kappa shape index (κ1) is 13.7. The molecule has 0 radical (unpaired) electrons. The van der Waals surface area contributed by atoms with Gasteiger partial charge >= 0.3 is 0 Å². The number of nitrogen functional groups attached to an aromatic ring is 1. The van der Waals surface area contributed by atoms with E-state index in [1.54, 1.807) is 12.1 Å². The summed E-state index contributed by atoms with van der Waals surface area (Å²) in [7, 11) is 1.88. The van der Waals surface area contributed by atoms with Crippen molar-refractivity contribution in [1.29, 1.82) is 5.26 Å². The van der Waals surface area contributed by atoms with Crippen LogP contribution in [0.1, 0.15) is 5.56 Å². The molecule has 0 unspecified atom stereocenters. The molecule has 108 valence electrons. The Bertz CT molecular complexity index is 927. The average Bonchev–Trinajstić information content (AvgIpc) is 2.93. The van der Waals surface area contributed by atoms with Crippen molar-refractivity contribution in [3.05, 3.63) is 64.6 Å². The maximum atomic E-state index is 12.2. The number of hydrogen-bond donors (Lipinski definition) is 2. The Labute approximate surface area is 127 Å². The van der Waals surface area contributed by atoms with E-state index in [0.717, 1.165) is 11.3 Å². The predicted molar refractivity (Wildman–Crippen MR) is 86.0 cm³/mol. The van der Waals surface area contributed by atoms with Crippen LogP contribution in [0, 0.1) is 11.3 Å². The minimum absolute atomic E-state index is 0.112. The Morgan fingerprint density at radius 1 is 1.23 bits per heavy atom. The molecule has 0 aliphatic rings. The fourth-order valence-corrected chi connectivity index (χ4v) is 2.43. The van der Waals surface area contributed by atoms with E-state index in [4.69, 9.17) is 5.73 Å². The van der Waals surface area contributed by atoms with Gasteiger partial charge in [-0.1, -0.05) is 12.1 Å². The van der Waals surface area contributed by atoms with Gasteiger partial charge < -0.3 is 15.3 Å². The zero-order valence-corrected chi connectivity index (χ0v) is 12.0. The van der Waals surface area contributed by atoms with Crippen LogP contribution >= 0.6 is 0 Å². The molecule has 0 saturated carbocycles. The van der Waals surface area contributed by atoms with E-state index in [1.165, 1.54) is 0 Å². The molecule has 2 heterocycles. The number of nitrogens with two attached hydrogens (primary N) is 1.